The number of hydrogen-bond acceptors (Lipinski definition) is 3. The van der Waals surface area contributed by atoms with E-state index >= 15 is 0 Å². The summed E-state index contributed by atoms with van der Waals surface area (Å²) in [5.41, 5.74) is 6.96. The lowest BCUT2D eigenvalue weighted by Crippen LogP contribution is -2.43. The van der Waals surface area contributed by atoms with Crippen LogP contribution in [0.15, 0.2) is 30.3 Å². The molecule has 1 heterocycles. The van der Waals surface area contributed by atoms with Crippen molar-refractivity contribution >= 4 is 24.2 Å². The summed E-state index contributed by atoms with van der Waals surface area (Å²) in [5, 5.41) is 2.78. The quantitative estimate of drug-likeness (QED) is 0.820. The molecule has 1 aliphatic heterocycles. The molecule has 0 saturated carbocycles. The molecule has 1 aromatic carbocycles. The van der Waals surface area contributed by atoms with Crippen molar-refractivity contribution in [3.8, 4) is 0 Å². The van der Waals surface area contributed by atoms with E-state index in [1.165, 1.54) is 12.8 Å². The van der Waals surface area contributed by atoms with E-state index in [2.05, 4.69) is 5.32 Å². The minimum atomic E-state index is -0.578. The van der Waals surface area contributed by atoms with Gasteiger partial charge in [0.25, 0.3) is 0 Å². The molecule has 3 N–H and O–H groups in total. The van der Waals surface area contributed by atoms with Crippen molar-refractivity contribution < 1.29 is 9.59 Å². The number of amides is 2. The Bertz CT molecular complexity index is 502. The van der Waals surface area contributed by atoms with Gasteiger partial charge in [-0.15, -0.1) is 12.4 Å². The number of nitrogens with one attached hydrogen (secondary N) is 1. The first-order valence-electron chi connectivity index (χ1n) is 8.52. The highest BCUT2D eigenvalue weighted by Crippen LogP contribution is 2.10. The highest BCUT2D eigenvalue weighted by Gasteiger charge is 2.17. The number of carbonyl (C=O) groups excluding carboxylic acids is 2. The van der Waals surface area contributed by atoms with E-state index in [1.54, 1.807) is 0 Å². The van der Waals surface area contributed by atoms with Gasteiger partial charge in [-0.25, -0.2) is 0 Å². The Labute approximate surface area is 150 Å². The summed E-state index contributed by atoms with van der Waals surface area (Å²) in [5.74, 6) is -0.0682. The van der Waals surface area contributed by atoms with Gasteiger partial charge in [0, 0.05) is 26.1 Å². The van der Waals surface area contributed by atoms with E-state index in [0.29, 0.717) is 19.4 Å². The van der Waals surface area contributed by atoms with Gasteiger partial charge in [-0.2, -0.15) is 0 Å². The average Bonchev–Trinajstić information content (AvgIpc) is 2.85. The molecule has 2 rings (SSSR count). The number of halogens is 1. The number of carbonyl (C=O) groups is 2. The Balaban J connectivity index is 0.00000288. The Morgan fingerprint density at radius 1 is 1.08 bits per heavy atom. The number of nitrogens with zero attached hydrogens (tertiary/aromatic N) is 1. The highest BCUT2D eigenvalue weighted by molar-refractivity contribution is 5.85. The molecule has 0 radical (unpaired) electrons. The summed E-state index contributed by atoms with van der Waals surface area (Å²) in [7, 11) is 0. The fourth-order valence-corrected chi connectivity index (χ4v) is 2.86. The SMILES string of the molecule is Cl.N[C@@H](Cc1ccccc1)C(=O)NCCC(=O)N1CCCCCC1. The van der Waals surface area contributed by atoms with Gasteiger partial charge in [0.15, 0.2) is 0 Å². The molecule has 0 unspecified atom stereocenters. The molecule has 1 atom stereocenters. The van der Waals surface area contributed by atoms with Crippen LogP contribution in [-0.4, -0.2) is 42.4 Å². The normalized spacial score (nSPS) is 15.8. The van der Waals surface area contributed by atoms with Crippen LogP contribution < -0.4 is 11.1 Å². The Kier molecular flexibility index (Phi) is 9.42. The molecule has 134 valence electrons. The van der Waals surface area contributed by atoms with E-state index in [4.69, 9.17) is 5.73 Å². The van der Waals surface area contributed by atoms with E-state index in [0.717, 1.165) is 31.5 Å². The lowest BCUT2D eigenvalue weighted by atomic mass is 10.1. The van der Waals surface area contributed by atoms with Crippen LogP contribution in [-0.2, 0) is 16.0 Å². The van der Waals surface area contributed by atoms with Gasteiger partial charge in [-0.3, -0.25) is 9.59 Å². The second kappa shape index (κ2) is 11.0. The largest absolute Gasteiger partial charge is 0.354 e. The molecule has 0 aliphatic carbocycles. The number of benzene rings is 1. The summed E-state index contributed by atoms with van der Waals surface area (Å²) >= 11 is 0. The molecule has 2 amide bonds. The summed E-state index contributed by atoms with van der Waals surface area (Å²) in [6, 6.07) is 9.13. The first-order chi connectivity index (χ1) is 11.2. The molecule has 0 bridgehead atoms. The lowest BCUT2D eigenvalue weighted by molar-refractivity contribution is -0.131. The lowest BCUT2D eigenvalue weighted by Gasteiger charge is -2.20. The zero-order valence-corrected chi connectivity index (χ0v) is 14.9. The van der Waals surface area contributed by atoms with E-state index in [9.17, 15) is 9.59 Å². The van der Waals surface area contributed by atoms with E-state index in [1.807, 2.05) is 35.2 Å². The minimum Gasteiger partial charge on any atom is -0.354 e. The maximum absolute atomic E-state index is 12.1. The minimum absolute atomic E-state index is 0. The molecule has 6 heteroatoms. The van der Waals surface area contributed by atoms with Gasteiger partial charge in [-0.1, -0.05) is 43.2 Å². The van der Waals surface area contributed by atoms with Gasteiger partial charge in [0.1, 0.15) is 0 Å². The highest BCUT2D eigenvalue weighted by atomic mass is 35.5. The maximum Gasteiger partial charge on any atom is 0.237 e. The zero-order valence-electron chi connectivity index (χ0n) is 14.1. The summed E-state index contributed by atoms with van der Waals surface area (Å²) in [6.45, 7) is 2.05. The predicted molar refractivity (Wildman–Crippen MR) is 98.0 cm³/mol. The van der Waals surface area contributed by atoms with Gasteiger partial charge >= 0.3 is 0 Å². The maximum atomic E-state index is 12.1. The Hall–Kier alpha value is -1.59. The van der Waals surface area contributed by atoms with Gasteiger partial charge in [0.05, 0.1) is 6.04 Å². The zero-order chi connectivity index (χ0) is 16.5. The smallest absolute Gasteiger partial charge is 0.237 e. The van der Waals surface area contributed by atoms with Crippen LogP contribution in [0.25, 0.3) is 0 Å². The van der Waals surface area contributed by atoms with Crippen molar-refractivity contribution in [2.24, 2.45) is 5.73 Å². The van der Waals surface area contributed by atoms with Crippen LogP contribution in [0.3, 0.4) is 0 Å². The predicted octanol–water partition coefficient (Wildman–Crippen LogP) is 1.89. The van der Waals surface area contributed by atoms with Crippen molar-refractivity contribution in [2.75, 3.05) is 19.6 Å². The summed E-state index contributed by atoms with van der Waals surface area (Å²) in [4.78, 5) is 26.1. The second-order valence-corrected chi connectivity index (χ2v) is 6.13. The molecule has 0 aromatic heterocycles. The molecule has 24 heavy (non-hydrogen) atoms. The first-order valence-corrected chi connectivity index (χ1v) is 8.52. The topological polar surface area (TPSA) is 75.4 Å². The van der Waals surface area contributed by atoms with Crippen molar-refractivity contribution in [1.82, 2.24) is 10.2 Å². The van der Waals surface area contributed by atoms with Crippen molar-refractivity contribution in [2.45, 2.75) is 44.6 Å². The molecule has 1 aliphatic rings. The number of likely N-dealkylation sites (tertiary alicyclic amines) is 1. The summed E-state index contributed by atoms with van der Waals surface area (Å²) in [6.07, 6.45) is 5.43. The van der Waals surface area contributed by atoms with Crippen molar-refractivity contribution in [3.05, 3.63) is 35.9 Å². The van der Waals surface area contributed by atoms with Crippen LogP contribution in [0.2, 0.25) is 0 Å². The molecule has 5 nitrogen and oxygen atoms in total. The number of rotatable bonds is 6. The molecular formula is C18H28ClN3O2. The second-order valence-electron chi connectivity index (χ2n) is 6.13. The molecule has 1 aromatic rings. The third kappa shape index (κ3) is 6.89. The van der Waals surface area contributed by atoms with Crippen LogP contribution >= 0.6 is 12.4 Å². The first kappa shape index (κ1) is 20.5. The van der Waals surface area contributed by atoms with Gasteiger partial charge in [-0.05, 0) is 24.8 Å². The fourth-order valence-electron chi connectivity index (χ4n) is 2.86. The monoisotopic (exact) mass is 353 g/mol. The summed E-state index contributed by atoms with van der Waals surface area (Å²) < 4.78 is 0. The molecule has 1 saturated heterocycles. The average molecular weight is 354 g/mol. The van der Waals surface area contributed by atoms with Gasteiger partial charge in [0.2, 0.25) is 11.8 Å². The standard InChI is InChI=1S/C18H27N3O2.ClH/c19-16(14-15-8-4-3-5-9-15)18(23)20-11-10-17(22)21-12-6-1-2-7-13-21;/h3-5,8-9,16H,1-2,6-7,10-14,19H2,(H,20,23);1H/t16-;/m0./s1. The van der Waals surface area contributed by atoms with Crippen molar-refractivity contribution in [1.29, 1.82) is 0 Å². The molecular weight excluding hydrogens is 326 g/mol. The van der Waals surface area contributed by atoms with Crippen LogP contribution in [0.1, 0.15) is 37.7 Å². The molecule has 0 spiro atoms. The van der Waals surface area contributed by atoms with Crippen molar-refractivity contribution in [3.63, 3.8) is 0 Å². The van der Waals surface area contributed by atoms with Crippen LogP contribution in [0.5, 0.6) is 0 Å². The Morgan fingerprint density at radius 3 is 2.33 bits per heavy atom. The Morgan fingerprint density at radius 2 is 1.71 bits per heavy atom. The third-order valence-electron chi connectivity index (χ3n) is 4.23. The van der Waals surface area contributed by atoms with Crippen LogP contribution in [0, 0.1) is 0 Å². The fraction of sp³-hybridized carbons (Fsp3) is 0.556. The third-order valence-corrected chi connectivity index (χ3v) is 4.23. The van der Waals surface area contributed by atoms with Gasteiger partial charge < -0.3 is 16.0 Å². The van der Waals surface area contributed by atoms with E-state index < -0.39 is 6.04 Å². The number of nitrogens with two attached hydrogens (primary N) is 1. The van der Waals surface area contributed by atoms with E-state index in [-0.39, 0.29) is 24.2 Å². The van der Waals surface area contributed by atoms with Crippen LogP contribution in [0.4, 0.5) is 0 Å². The number of hydrogen-bond donors (Lipinski definition) is 2. The molecule has 1 fully saturated rings.